The highest BCUT2D eigenvalue weighted by atomic mass is 28.3. The van der Waals surface area contributed by atoms with Crippen molar-refractivity contribution in [2.24, 2.45) is 0 Å². The van der Waals surface area contributed by atoms with Crippen molar-refractivity contribution in [2.75, 3.05) is 25.2 Å². The normalized spacial score (nSPS) is 21.9. The molecule has 0 aliphatic carbocycles. The summed E-state index contributed by atoms with van der Waals surface area (Å²) in [7, 11) is -0.387. The van der Waals surface area contributed by atoms with Gasteiger partial charge in [-0.3, -0.25) is 4.90 Å². The summed E-state index contributed by atoms with van der Waals surface area (Å²) in [6.07, 6.45) is 10.2. The van der Waals surface area contributed by atoms with Crippen LogP contribution in [0.1, 0.15) is 52.5 Å². The van der Waals surface area contributed by atoms with E-state index in [2.05, 4.69) is 57.2 Å². The lowest BCUT2D eigenvalue weighted by Gasteiger charge is -2.36. The topological polar surface area (TPSA) is 48.0 Å². The van der Waals surface area contributed by atoms with Crippen molar-refractivity contribution in [1.29, 1.82) is 0 Å². The van der Waals surface area contributed by atoms with Crippen molar-refractivity contribution in [3.05, 3.63) is 59.7 Å². The molecule has 202 valence electrons. The third kappa shape index (κ3) is 7.08. The number of para-hydroxylation sites is 1. The van der Waals surface area contributed by atoms with E-state index < -0.39 is 20.2 Å². The zero-order valence-electron chi connectivity index (χ0n) is 23.9. The number of anilines is 1. The van der Waals surface area contributed by atoms with Crippen LogP contribution in [-0.4, -0.2) is 46.8 Å². The first-order valence-corrected chi connectivity index (χ1v) is 16.4. The Kier molecular flexibility index (Phi) is 10.2. The van der Waals surface area contributed by atoms with Gasteiger partial charge in [-0.15, -0.1) is 5.54 Å². The minimum absolute atomic E-state index is 0.138. The first kappa shape index (κ1) is 29.5. The number of methoxy groups -OCH3 is 1. The Morgan fingerprint density at radius 3 is 2.63 bits per heavy atom. The van der Waals surface area contributed by atoms with Gasteiger partial charge in [0.2, 0.25) is 0 Å². The van der Waals surface area contributed by atoms with Crippen LogP contribution in [0.4, 0.5) is 10.5 Å². The number of nitrogens with zero attached hydrogens (tertiary/aromatic N) is 1. The van der Waals surface area contributed by atoms with Gasteiger partial charge in [0.1, 0.15) is 14.1 Å². The number of amides is 1. The minimum atomic E-state index is -1.78. The van der Waals surface area contributed by atoms with E-state index in [1.807, 2.05) is 49.4 Å². The fourth-order valence-corrected chi connectivity index (χ4v) is 4.94. The summed E-state index contributed by atoms with van der Waals surface area (Å²) in [5.74, 6) is 9.79. The van der Waals surface area contributed by atoms with Crippen LogP contribution < -0.4 is 4.90 Å². The molecule has 0 N–H and O–H groups in total. The maximum Gasteiger partial charge on any atom is 0.415 e. The van der Waals surface area contributed by atoms with E-state index in [9.17, 15) is 4.79 Å². The van der Waals surface area contributed by atoms with E-state index in [1.165, 1.54) is 7.11 Å². The van der Waals surface area contributed by atoms with Gasteiger partial charge in [0.25, 0.3) is 0 Å². The number of ether oxygens (including phenoxy) is 3. The van der Waals surface area contributed by atoms with Gasteiger partial charge in [0.05, 0.1) is 19.4 Å². The Morgan fingerprint density at radius 1 is 1.21 bits per heavy atom. The lowest BCUT2D eigenvalue weighted by Crippen LogP contribution is -2.44. The molecular weight excluding hydrogens is 490 g/mol. The third-order valence-electron chi connectivity index (χ3n) is 7.41. The van der Waals surface area contributed by atoms with E-state index in [0.29, 0.717) is 6.61 Å². The lowest BCUT2D eigenvalue weighted by molar-refractivity contribution is -0.155. The smallest absolute Gasteiger partial charge is 0.415 e. The number of carbonyl (C=O) groups is 1. The predicted octanol–water partition coefficient (Wildman–Crippen LogP) is 7.13. The average molecular weight is 532 g/mol. The Labute approximate surface area is 229 Å². The number of hydrogen-bond acceptors (Lipinski definition) is 4. The quantitative estimate of drug-likeness (QED) is 0.308. The molecule has 2 aliphatic rings. The van der Waals surface area contributed by atoms with E-state index in [-0.39, 0.29) is 11.3 Å². The fraction of sp³-hybridized carbons (Fsp3) is 0.469. The Balaban J connectivity index is 1.96. The summed E-state index contributed by atoms with van der Waals surface area (Å²) >= 11 is 0. The van der Waals surface area contributed by atoms with Crippen LogP contribution in [0.5, 0.6) is 0 Å². The molecule has 6 heteroatoms. The molecule has 2 heterocycles. The number of hydrogen-bond donors (Lipinski definition) is 0. The summed E-state index contributed by atoms with van der Waals surface area (Å²) in [6.45, 7) is 14.5. The second kappa shape index (κ2) is 13.2. The summed E-state index contributed by atoms with van der Waals surface area (Å²) in [5.41, 5.74) is 7.18. The highest BCUT2D eigenvalue weighted by Gasteiger charge is 2.37. The lowest BCUT2D eigenvalue weighted by atomic mass is 9.85. The molecule has 1 amide bonds. The van der Waals surface area contributed by atoms with E-state index in [0.717, 1.165) is 48.3 Å². The first-order chi connectivity index (χ1) is 18.1. The Morgan fingerprint density at radius 2 is 1.97 bits per heavy atom. The Hall–Kier alpha value is -3.03. The molecule has 0 saturated carbocycles. The number of rotatable bonds is 3. The van der Waals surface area contributed by atoms with Crippen LogP contribution in [0.15, 0.2) is 54.1 Å². The van der Waals surface area contributed by atoms with Gasteiger partial charge < -0.3 is 14.2 Å². The second-order valence-corrected chi connectivity index (χ2v) is 16.0. The summed E-state index contributed by atoms with van der Waals surface area (Å²) in [6, 6.07) is 7.32. The molecule has 0 bridgehead atoms. The van der Waals surface area contributed by atoms with Crippen molar-refractivity contribution in [3.63, 3.8) is 0 Å². The molecule has 2 aliphatic heterocycles. The van der Waals surface area contributed by atoms with Gasteiger partial charge >= 0.3 is 6.09 Å². The molecule has 0 spiro atoms. The molecule has 3 rings (SSSR count). The zero-order chi connectivity index (χ0) is 27.8. The van der Waals surface area contributed by atoms with E-state index in [1.54, 1.807) is 11.0 Å². The SMILES string of the molecule is C/C=C1/C(=C/C#C[Si](C)(C)C(C)(C)C)c2ccccc2N(C(=O)OC)C1C#C/C=C\COC1CCCCO1. The summed E-state index contributed by atoms with van der Waals surface area (Å²) < 4.78 is 16.5. The predicted molar refractivity (Wildman–Crippen MR) is 158 cm³/mol. The molecular formula is C32H41NO4Si. The van der Waals surface area contributed by atoms with Crippen LogP contribution >= 0.6 is 0 Å². The largest absolute Gasteiger partial charge is 0.452 e. The van der Waals surface area contributed by atoms with Crippen molar-refractivity contribution in [2.45, 2.75) is 77.4 Å². The number of fused-ring (bicyclic) bond motifs is 1. The van der Waals surface area contributed by atoms with Crippen molar-refractivity contribution in [3.8, 4) is 23.3 Å². The second-order valence-electron chi connectivity index (χ2n) is 11.0. The highest BCUT2D eigenvalue weighted by Crippen LogP contribution is 2.41. The number of carbonyl (C=O) groups excluding carboxylic acids is 1. The number of benzene rings is 1. The maximum absolute atomic E-state index is 13.0. The van der Waals surface area contributed by atoms with Gasteiger partial charge in [-0.25, -0.2) is 4.79 Å². The number of allylic oxidation sites excluding steroid dienone is 3. The van der Waals surface area contributed by atoms with E-state index >= 15 is 0 Å². The van der Waals surface area contributed by atoms with Gasteiger partial charge in [0, 0.05) is 12.2 Å². The Bertz CT molecular complexity index is 1210. The van der Waals surface area contributed by atoms with E-state index in [4.69, 9.17) is 14.2 Å². The molecule has 2 unspecified atom stereocenters. The summed E-state index contributed by atoms with van der Waals surface area (Å²) in [5, 5.41) is 0.168. The van der Waals surface area contributed by atoms with Gasteiger partial charge in [0.15, 0.2) is 6.29 Å². The molecule has 0 radical (unpaired) electrons. The van der Waals surface area contributed by atoms with Gasteiger partial charge in [-0.05, 0) is 60.6 Å². The fourth-order valence-electron chi connectivity index (χ4n) is 4.13. The molecule has 38 heavy (non-hydrogen) atoms. The minimum Gasteiger partial charge on any atom is -0.452 e. The van der Waals surface area contributed by atoms with Crippen molar-refractivity contribution in [1.82, 2.24) is 0 Å². The molecule has 5 nitrogen and oxygen atoms in total. The zero-order valence-corrected chi connectivity index (χ0v) is 24.9. The van der Waals surface area contributed by atoms with Gasteiger partial charge in [-0.1, -0.05) is 82.0 Å². The molecule has 1 saturated heterocycles. The monoisotopic (exact) mass is 531 g/mol. The molecule has 1 fully saturated rings. The first-order valence-electron chi connectivity index (χ1n) is 13.4. The molecule has 1 aromatic rings. The van der Waals surface area contributed by atoms with Crippen LogP contribution in [-0.2, 0) is 14.2 Å². The van der Waals surface area contributed by atoms with Crippen LogP contribution in [0.25, 0.3) is 5.57 Å². The van der Waals surface area contributed by atoms with Crippen LogP contribution in [0.3, 0.4) is 0 Å². The van der Waals surface area contributed by atoms with Crippen LogP contribution in [0.2, 0.25) is 18.1 Å². The maximum atomic E-state index is 13.0. The average Bonchev–Trinajstić information content (AvgIpc) is 2.90. The summed E-state index contributed by atoms with van der Waals surface area (Å²) in [4.78, 5) is 14.6. The molecule has 0 aromatic heterocycles. The van der Waals surface area contributed by atoms with Crippen molar-refractivity contribution >= 4 is 25.4 Å². The highest BCUT2D eigenvalue weighted by molar-refractivity contribution is 6.87. The standard InChI is InChI=1S/C32H41NO4Si/c1-8-25-26(18-16-24-38(6,7)32(2,3)4)27-17-11-12-20-29(27)33(31(34)35-5)28(25)19-10-9-14-22-36-30-21-13-15-23-37-30/h8-9,11-12,14,17-18,20,28,30H,13,15,21-23H2,1-7H3/b14-9-,25-8-,26-18-. The van der Waals surface area contributed by atoms with Crippen LogP contribution in [0, 0.1) is 23.3 Å². The third-order valence-corrected chi connectivity index (χ3v) is 11.9. The van der Waals surface area contributed by atoms with Gasteiger partial charge in [-0.2, -0.15) is 0 Å². The van der Waals surface area contributed by atoms with Crippen molar-refractivity contribution < 1.29 is 19.0 Å². The molecule has 1 aromatic carbocycles. The molecule has 2 atom stereocenters.